The van der Waals surface area contributed by atoms with E-state index >= 15 is 0 Å². The number of H-pyrrole nitrogens is 1. The van der Waals surface area contributed by atoms with Gasteiger partial charge in [0.25, 0.3) is 0 Å². The summed E-state index contributed by atoms with van der Waals surface area (Å²) in [5.74, 6) is 0. The van der Waals surface area contributed by atoms with E-state index in [1.807, 2.05) is 24.4 Å². The molecule has 0 atom stereocenters. The molecule has 1 aliphatic rings. The summed E-state index contributed by atoms with van der Waals surface area (Å²) in [4.78, 5) is 5.00. The standard InChI is InChI=1S/C20H18BN3O2/c25-21(26)13-7-5-12(6-8-13)20-15-4-2-1-3-14(15)19-16-11-22-24-17(16)9-10-18(19)23-20/h5-11,25-26H,1-4H2,(H,22,24). The first kappa shape index (κ1) is 15.6. The molecule has 3 N–H and O–H groups in total. The fourth-order valence-electron chi connectivity index (χ4n) is 4.10. The second-order valence-electron chi connectivity index (χ2n) is 6.91. The first-order valence-corrected chi connectivity index (χ1v) is 8.96. The van der Waals surface area contributed by atoms with Gasteiger partial charge in [0.15, 0.2) is 0 Å². The minimum Gasteiger partial charge on any atom is -0.423 e. The summed E-state index contributed by atoms with van der Waals surface area (Å²) >= 11 is 0. The van der Waals surface area contributed by atoms with Gasteiger partial charge >= 0.3 is 7.12 Å². The van der Waals surface area contributed by atoms with E-state index in [0.29, 0.717) is 5.46 Å². The van der Waals surface area contributed by atoms with Gasteiger partial charge in [-0.2, -0.15) is 5.10 Å². The number of hydrogen-bond donors (Lipinski definition) is 3. The Hall–Kier alpha value is -2.70. The molecule has 5 rings (SSSR count). The maximum absolute atomic E-state index is 9.33. The Morgan fingerprint density at radius 1 is 0.923 bits per heavy atom. The third-order valence-electron chi connectivity index (χ3n) is 5.37. The highest BCUT2D eigenvalue weighted by atomic mass is 16.4. The third kappa shape index (κ3) is 2.34. The highest BCUT2D eigenvalue weighted by molar-refractivity contribution is 6.58. The summed E-state index contributed by atoms with van der Waals surface area (Å²) in [5.41, 5.74) is 7.24. The summed E-state index contributed by atoms with van der Waals surface area (Å²) in [6, 6.07) is 11.4. The van der Waals surface area contributed by atoms with E-state index in [2.05, 4.69) is 16.3 Å². The van der Waals surface area contributed by atoms with E-state index in [4.69, 9.17) is 4.98 Å². The molecule has 128 valence electrons. The van der Waals surface area contributed by atoms with Crippen LogP contribution in [0.15, 0.2) is 42.6 Å². The van der Waals surface area contributed by atoms with E-state index in [9.17, 15) is 10.0 Å². The van der Waals surface area contributed by atoms with Gasteiger partial charge in [0.05, 0.1) is 22.9 Å². The molecule has 2 heterocycles. The van der Waals surface area contributed by atoms with E-state index < -0.39 is 7.12 Å². The number of aromatic amines is 1. The predicted molar refractivity (Wildman–Crippen MR) is 103 cm³/mol. The summed E-state index contributed by atoms with van der Waals surface area (Å²) in [5, 5.41) is 28.3. The van der Waals surface area contributed by atoms with Crippen LogP contribution in [0.1, 0.15) is 24.0 Å². The second kappa shape index (κ2) is 5.93. The molecule has 0 saturated carbocycles. The van der Waals surface area contributed by atoms with E-state index in [-0.39, 0.29) is 0 Å². The van der Waals surface area contributed by atoms with E-state index in [1.54, 1.807) is 12.1 Å². The molecule has 2 aromatic heterocycles. The molecule has 26 heavy (non-hydrogen) atoms. The topological polar surface area (TPSA) is 82.0 Å². The fraction of sp³-hybridized carbons (Fsp3) is 0.200. The van der Waals surface area contributed by atoms with Crippen LogP contribution in [0.25, 0.3) is 33.1 Å². The third-order valence-corrected chi connectivity index (χ3v) is 5.37. The number of nitrogens with zero attached hydrogens (tertiary/aromatic N) is 2. The zero-order valence-corrected chi connectivity index (χ0v) is 14.2. The first-order chi connectivity index (χ1) is 12.7. The van der Waals surface area contributed by atoms with Crippen molar-refractivity contribution in [2.75, 3.05) is 0 Å². The lowest BCUT2D eigenvalue weighted by atomic mass is 9.79. The Bertz CT molecular complexity index is 1120. The van der Waals surface area contributed by atoms with Crippen molar-refractivity contribution in [1.29, 1.82) is 0 Å². The summed E-state index contributed by atoms with van der Waals surface area (Å²) < 4.78 is 0. The monoisotopic (exact) mass is 343 g/mol. The smallest absolute Gasteiger partial charge is 0.423 e. The molecule has 0 amide bonds. The molecule has 2 aromatic carbocycles. The van der Waals surface area contributed by atoms with Crippen molar-refractivity contribution in [3.8, 4) is 11.3 Å². The Balaban J connectivity index is 1.79. The number of aromatic nitrogens is 3. The molecule has 6 heteroatoms. The Morgan fingerprint density at radius 3 is 2.46 bits per heavy atom. The maximum atomic E-state index is 9.33. The van der Waals surface area contributed by atoms with Crippen molar-refractivity contribution < 1.29 is 10.0 Å². The second-order valence-corrected chi connectivity index (χ2v) is 6.91. The van der Waals surface area contributed by atoms with Crippen LogP contribution >= 0.6 is 0 Å². The quantitative estimate of drug-likeness (QED) is 0.488. The van der Waals surface area contributed by atoms with Gasteiger partial charge in [-0.05, 0) is 54.4 Å². The first-order valence-electron chi connectivity index (χ1n) is 8.96. The molecule has 5 nitrogen and oxygen atoms in total. The van der Waals surface area contributed by atoms with Gasteiger partial charge in [-0.25, -0.2) is 4.98 Å². The van der Waals surface area contributed by atoms with Crippen molar-refractivity contribution in [3.63, 3.8) is 0 Å². The largest absolute Gasteiger partial charge is 0.488 e. The Morgan fingerprint density at radius 2 is 1.69 bits per heavy atom. The predicted octanol–water partition coefficient (Wildman–Crippen LogP) is 2.34. The van der Waals surface area contributed by atoms with Gasteiger partial charge in [0.2, 0.25) is 0 Å². The molecule has 0 fully saturated rings. The zero-order valence-electron chi connectivity index (χ0n) is 14.2. The maximum Gasteiger partial charge on any atom is 0.488 e. The number of hydrogen-bond acceptors (Lipinski definition) is 4. The SMILES string of the molecule is OB(O)c1ccc(-c2nc3ccc4[nH]ncc4c3c3c2CCCC3)cc1. The molecule has 0 aliphatic heterocycles. The minimum atomic E-state index is -1.45. The highest BCUT2D eigenvalue weighted by Gasteiger charge is 2.21. The fourth-order valence-corrected chi connectivity index (χ4v) is 4.10. The zero-order chi connectivity index (χ0) is 17.7. The van der Waals surface area contributed by atoms with Crippen LogP contribution in [0, 0.1) is 0 Å². The van der Waals surface area contributed by atoms with Gasteiger partial charge in [0, 0.05) is 16.3 Å². The number of nitrogens with one attached hydrogen (secondary N) is 1. The van der Waals surface area contributed by atoms with Gasteiger partial charge in [0.1, 0.15) is 0 Å². The van der Waals surface area contributed by atoms with Crippen LogP contribution < -0.4 is 5.46 Å². The Labute approximate surface area is 150 Å². The molecule has 0 bridgehead atoms. The number of pyridine rings is 1. The van der Waals surface area contributed by atoms with Crippen LogP contribution in [0.3, 0.4) is 0 Å². The van der Waals surface area contributed by atoms with Crippen molar-refractivity contribution in [2.45, 2.75) is 25.7 Å². The number of aryl methyl sites for hydroxylation is 1. The van der Waals surface area contributed by atoms with Crippen LogP contribution in [0.2, 0.25) is 0 Å². The molecule has 0 spiro atoms. The lowest BCUT2D eigenvalue weighted by molar-refractivity contribution is 0.426. The van der Waals surface area contributed by atoms with Gasteiger partial charge in [-0.3, -0.25) is 5.10 Å². The van der Waals surface area contributed by atoms with Crippen LogP contribution in [-0.2, 0) is 12.8 Å². The van der Waals surface area contributed by atoms with Crippen LogP contribution in [-0.4, -0.2) is 32.3 Å². The van der Waals surface area contributed by atoms with Gasteiger partial charge < -0.3 is 10.0 Å². The average Bonchev–Trinajstić information content (AvgIpc) is 3.16. The average molecular weight is 343 g/mol. The lowest BCUT2D eigenvalue weighted by Gasteiger charge is -2.22. The van der Waals surface area contributed by atoms with Crippen molar-refractivity contribution in [2.24, 2.45) is 0 Å². The van der Waals surface area contributed by atoms with Crippen LogP contribution in [0.5, 0.6) is 0 Å². The molecule has 4 aromatic rings. The van der Waals surface area contributed by atoms with Crippen molar-refractivity contribution in [3.05, 3.63) is 53.7 Å². The van der Waals surface area contributed by atoms with Crippen molar-refractivity contribution >= 4 is 34.4 Å². The molecule has 1 aliphatic carbocycles. The summed E-state index contributed by atoms with van der Waals surface area (Å²) in [6.45, 7) is 0. The Kier molecular flexibility index (Phi) is 3.55. The van der Waals surface area contributed by atoms with E-state index in [0.717, 1.165) is 40.5 Å². The lowest BCUT2D eigenvalue weighted by Crippen LogP contribution is -2.29. The number of rotatable bonds is 2. The normalized spacial score (nSPS) is 13.9. The molecular formula is C20H18BN3O2. The molecule has 0 unspecified atom stereocenters. The number of benzene rings is 2. The van der Waals surface area contributed by atoms with Gasteiger partial charge in [-0.15, -0.1) is 0 Å². The summed E-state index contributed by atoms with van der Waals surface area (Å²) in [6.07, 6.45) is 6.33. The van der Waals surface area contributed by atoms with E-state index in [1.165, 1.54) is 29.4 Å². The summed E-state index contributed by atoms with van der Waals surface area (Å²) in [7, 11) is -1.45. The highest BCUT2D eigenvalue weighted by Crippen LogP contribution is 2.37. The molecule has 0 saturated heterocycles. The van der Waals surface area contributed by atoms with Crippen LogP contribution in [0.4, 0.5) is 0 Å². The van der Waals surface area contributed by atoms with Gasteiger partial charge in [-0.1, -0.05) is 24.3 Å². The molecule has 0 radical (unpaired) electrons. The molecular weight excluding hydrogens is 325 g/mol. The van der Waals surface area contributed by atoms with Crippen molar-refractivity contribution in [1.82, 2.24) is 15.2 Å². The minimum absolute atomic E-state index is 0.489. The number of fused-ring (bicyclic) bond motifs is 5.